The molecule has 0 atom stereocenters. The molecule has 2 N–H and O–H groups in total. The van der Waals surface area contributed by atoms with Gasteiger partial charge in [-0.05, 0) is 36.4 Å². The molecule has 92 valence electrons. The molecule has 2 aromatic carbocycles. The quantitative estimate of drug-likeness (QED) is 0.805. The Morgan fingerprint density at radius 2 is 1.50 bits per heavy atom. The zero-order valence-corrected chi connectivity index (χ0v) is 9.02. The minimum absolute atomic E-state index is 0.0380. The van der Waals surface area contributed by atoms with Gasteiger partial charge in [0, 0.05) is 5.56 Å². The van der Waals surface area contributed by atoms with Gasteiger partial charge in [-0.25, -0.2) is 4.39 Å². The lowest BCUT2D eigenvalue weighted by atomic mass is 10.0. The number of phenols is 2. The molecule has 5 heteroatoms. The van der Waals surface area contributed by atoms with E-state index in [4.69, 9.17) is 10.2 Å². The fraction of sp³-hybridized carbons (Fsp3) is 0. The third kappa shape index (κ3) is 2.02. The number of carbonyl (C=O) groups is 1. The Balaban J connectivity index is 2.46. The molecule has 2 rings (SSSR count). The molecule has 0 fully saturated rings. The average molecular weight is 250 g/mol. The maximum Gasteiger partial charge on any atom is 0.201 e. The molecule has 0 bridgehead atoms. The summed E-state index contributed by atoms with van der Waals surface area (Å²) >= 11 is 0. The first kappa shape index (κ1) is 12.0. The Morgan fingerprint density at radius 3 is 2.11 bits per heavy atom. The lowest BCUT2D eigenvalue weighted by Gasteiger charge is -2.04. The SMILES string of the molecule is O=C(c1ccc(O)cc1)c1ccc(O)c(F)c1F. The van der Waals surface area contributed by atoms with Gasteiger partial charge in [0.05, 0.1) is 5.56 Å². The monoisotopic (exact) mass is 250 g/mol. The Morgan fingerprint density at radius 1 is 0.889 bits per heavy atom. The first-order valence-electron chi connectivity index (χ1n) is 5.01. The highest BCUT2D eigenvalue weighted by atomic mass is 19.2. The smallest absolute Gasteiger partial charge is 0.201 e. The zero-order chi connectivity index (χ0) is 13.3. The molecule has 0 heterocycles. The average Bonchev–Trinajstić information content (AvgIpc) is 2.36. The highest BCUT2D eigenvalue weighted by molar-refractivity contribution is 6.09. The molecule has 3 nitrogen and oxygen atoms in total. The number of phenolic OH excluding ortho intramolecular Hbond substituents is 2. The third-order valence-electron chi connectivity index (χ3n) is 2.44. The Kier molecular flexibility index (Phi) is 2.97. The van der Waals surface area contributed by atoms with Crippen LogP contribution in [0.5, 0.6) is 11.5 Å². The van der Waals surface area contributed by atoms with Crippen molar-refractivity contribution in [3.8, 4) is 11.5 Å². The summed E-state index contributed by atoms with van der Waals surface area (Å²) in [6, 6.07) is 7.03. The van der Waals surface area contributed by atoms with Gasteiger partial charge in [-0.15, -0.1) is 0 Å². The van der Waals surface area contributed by atoms with Gasteiger partial charge in [-0.2, -0.15) is 4.39 Å². The summed E-state index contributed by atoms with van der Waals surface area (Å²) in [7, 11) is 0. The van der Waals surface area contributed by atoms with Gasteiger partial charge in [-0.1, -0.05) is 0 Å². The van der Waals surface area contributed by atoms with Crippen molar-refractivity contribution >= 4 is 5.78 Å². The number of benzene rings is 2. The van der Waals surface area contributed by atoms with Crippen LogP contribution < -0.4 is 0 Å². The van der Waals surface area contributed by atoms with Gasteiger partial charge < -0.3 is 10.2 Å². The fourth-order valence-electron chi connectivity index (χ4n) is 1.48. The molecule has 0 spiro atoms. The highest BCUT2D eigenvalue weighted by Gasteiger charge is 2.19. The molecule has 0 aliphatic heterocycles. The van der Waals surface area contributed by atoms with Crippen LogP contribution >= 0.6 is 0 Å². The molecule has 0 aromatic heterocycles. The zero-order valence-electron chi connectivity index (χ0n) is 9.02. The maximum atomic E-state index is 13.5. The number of hydrogen-bond acceptors (Lipinski definition) is 3. The van der Waals surface area contributed by atoms with Crippen molar-refractivity contribution in [3.05, 3.63) is 59.2 Å². The molecular weight excluding hydrogens is 242 g/mol. The van der Waals surface area contributed by atoms with Crippen molar-refractivity contribution in [1.29, 1.82) is 0 Å². The number of carbonyl (C=O) groups excluding carboxylic acids is 1. The molecule has 2 aromatic rings. The first-order chi connectivity index (χ1) is 8.50. The Labute approximate surface area is 101 Å². The van der Waals surface area contributed by atoms with E-state index in [0.29, 0.717) is 0 Å². The number of aromatic hydroxyl groups is 2. The van der Waals surface area contributed by atoms with Crippen LogP contribution in [0.15, 0.2) is 36.4 Å². The van der Waals surface area contributed by atoms with E-state index in [-0.39, 0.29) is 11.3 Å². The number of rotatable bonds is 2. The molecule has 0 unspecified atom stereocenters. The van der Waals surface area contributed by atoms with E-state index in [2.05, 4.69) is 0 Å². The van der Waals surface area contributed by atoms with Crippen molar-refractivity contribution in [2.45, 2.75) is 0 Å². The van der Waals surface area contributed by atoms with Gasteiger partial charge in [0.15, 0.2) is 17.3 Å². The molecule has 0 amide bonds. The van der Waals surface area contributed by atoms with Crippen LogP contribution in [0.4, 0.5) is 8.78 Å². The summed E-state index contributed by atoms with van der Waals surface area (Å²) in [5.74, 6) is -4.47. The number of halogens is 2. The standard InChI is InChI=1S/C13H8F2O3/c14-11-9(5-6-10(17)12(11)15)13(18)7-1-3-8(16)4-2-7/h1-6,16-17H. The van der Waals surface area contributed by atoms with Gasteiger partial charge in [-0.3, -0.25) is 4.79 Å². The van der Waals surface area contributed by atoms with Crippen LogP contribution in [-0.4, -0.2) is 16.0 Å². The molecular formula is C13H8F2O3. The first-order valence-corrected chi connectivity index (χ1v) is 5.01. The summed E-state index contributed by atoms with van der Waals surface area (Å²) in [4.78, 5) is 11.9. The third-order valence-corrected chi connectivity index (χ3v) is 2.44. The van der Waals surface area contributed by atoms with Crippen molar-refractivity contribution < 1.29 is 23.8 Å². The van der Waals surface area contributed by atoms with Gasteiger partial charge in [0.25, 0.3) is 0 Å². The van der Waals surface area contributed by atoms with Crippen LogP contribution in [0.1, 0.15) is 15.9 Å². The topological polar surface area (TPSA) is 57.5 Å². The van der Waals surface area contributed by atoms with Crippen molar-refractivity contribution in [1.82, 2.24) is 0 Å². The normalized spacial score (nSPS) is 10.3. The second-order valence-electron chi connectivity index (χ2n) is 3.64. The Hall–Kier alpha value is -2.43. The lowest BCUT2D eigenvalue weighted by Crippen LogP contribution is -2.05. The minimum Gasteiger partial charge on any atom is -0.508 e. The van der Waals surface area contributed by atoms with E-state index in [1.807, 2.05) is 0 Å². The molecule has 0 saturated heterocycles. The molecule has 0 radical (unpaired) electrons. The van der Waals surface area contributed by atoms with E-state index in [1.54, 1.807) is 0 Å². The summed E-state index contributed by atoms with van der Waals surface area (Å²) in [6.45, 7) is 0. The number of hydrogen-bond donors (Lipinski definition) is 2. The van der Waals surface area contributed by atoms with Crippen molar-refractivity contribution in [3.63, 3.8) is 0 Å². The van der Waals surface area contributed by atoms with Crippen LogP contribution in [0.3, 0.4) is 0 Å². The van der Waals surface area contributed by atoms with Crippen LogP contribution in [0, 0.1) is 11.6 Å². The highest BCUT2D eigenvalue weighted by Crippen LogP contribution is 2.23. The largest absolute Gasteiger partial charge is 0.508 e. The second kappa shape index (κ2) is 4.44. The summed E-state index contributed by atoms with van der Waals surface area (Å²) < 4.78 is 26.6. The van der Waals surface area contributed by atoms with Gasteiger partial charge in [0.1, 0.15) is 5.75 Å². The van der Waals surface area contributed by atoms with E-state index in [0.717, 1.165) is 12.1 Å². The van der Waals surface area contributed by atoms with E-state index < -0.39 is 28.7 Å². The van der Waals surface area contributed by atoms with Crippen LogP contribution in [-0.2, 0) is 0 Å². The van der Waals surface area contributed by atoms with Crippen LogP contribution in [0.2, 0.25) is 0 Å². The Bertz CT molecular complexity index is 606. The summed E-state index contributed by atoms with van der Waals surface area (Å²) in [5, 5.41) is 18.0. The van der Waals surface area contributed by atoms with E-state index in [9.17, 15) is 13.6 Å². The van der Waals surface area contributed by atoms with E-state index in [1.165, 1.54) is 24.3 Å². The van der Waals surface area contributed by atoms with Crippen molar-refractivity contribution in [2.75, 3.05) is 0 Å². The number of ketones is 1. The van der Waals surface area contributed by atoms with Crippen LogP contribution in [0.25, 0.3) is 0 Å². The predicted molar refractivity (Wildman–Crippen MR) is 59.6 cm³/mol. The molecule has 0 aliphatic carbocycles. The predicted octanol–water partition coefficient (Wildman–Crippen LogP) is 2.61. The van der Waals surface area contributed by atoms with Crippen molar-refractivity contribution in [2.24, 2.45) is 0 Å². The van der Waals surface area contributed by atoms with Gasteiger partial charge in [0.2, 0.25) is 5.82 Å². The molecule has 0 saturated carbocycles. The summed E-state index contributed by atoms with van der Waals surface area (Å²) in [6.07, 6.45) is 0. The summed E-state index contributed by atoms with van der Waals surface area (Å²) in [5.41, 5.74) is -0.368. The van der Waals surface area contributed by atoms with Gasteiger partial charge >= 0.3 is 0 Å². The fourth-order valence-corrected chi connectivity index (χ4v) is 1.48. The minimum atomic E-state index is -1.46. The lowest BCUT2D eigenvalue weighted by molar-refractivity contribution is 0.103. The second-order valence-corrected chi connectivity index (χ2v) is 3.64. The van der Waals surface area contributed by atoms with E-state index >= 15 is 0 Å². The maximum absolute atomic E-state index is 13.5. The molecule has 18 heavy (non-hydrogen) atoms. The molecule has 0 aliphatic rings.